The van der Waals surface area contributed by atoms with Gasteiger partial charge in [-0.3, -0.25) is 0 Å². The largest absolute Gasteiger partial charge is 0.494 e. The van der Waals surface area contributed by atoms with E-state index in [-0.39, 0.29) is 17.2 Å². The van der Waals surface area contributed by atoms with E-state index >= 15 is 0 Å². The van der Waals surface area contributed by atoms with Crippen LogP contribution in [0.5, 0.6) is 5.75 Å². The SMILES string of the molecule is CCC(c1ccccc1)N(Cc1ccc(OC)c(F)c1)S(=O)(=O)c1cccc(Cl)c1. The lowest BCUT2D eigenvalue weighted by atomic mass is 10.0. The van der Waals surface area contributed by atoms with Gasteiger partial charge in [0, 0.05) is 11.6 Å². The summed E-state index contributed by atoms with van der Waals surface area (Å²) in [4.78, 5) is 0.0957. The van der Waals surface area contributed by atoms with E-state index in [1.807, 2.05) is 37.3 Å². The van der Waals surface area contributed by atoms with Crippen molar-refractivity contribution in [3.05, 3.63) is 94.8 Å². The number of sulfonamides is 1. The molecule has 0 aromatic heterocycles. The van der Waals surface area contributed by atoms with Crippen molar-refractivity contribution in [3.8, 4) is 5.75 Å². The quantitative estimate of drug-likeness (QED) is 0.436. The van der Waals surface area contributed by atoms with Crippen LogP contribution in [0.3, 0.4) is 0 Å². The van der Waals surface area contributed by atoms with E-state index in [4.69, 9.17) is 16.3 Å². The van der Waals surface area contributed by atoms with Crippen LogP contribution in [0.25, 0.3) is 0 Å². The van der Waals surface area contributed by atoms with E-state index in [9.17, 15) is 12.8 Å². The lowest BCUT2D eigenvalue weighted by Crippen LogP contribution is -2.34. The first-order valence-corrected chi connectivity index (χ1v) is 11.3. The summed E-state index contributed by atoms with van der Waals surface area (Å²) in [6, 6.07) is 19.6. The number of benzene rings is 3. The van der Waals surface area contributed by atoms with Gasteiger partial charge in [0.1, 0.15) is 0 Å². The van der Waals surface area contributed by atoms with Crippen molar-refractivity contribution in [1.82, 2.24) is 4.31 Å². The first kappa shape index (κ1) is 22.3. The second-order valence-corrected chi connectivity index (χ2v) is 9.14. The van der Waals surface area contributed by atoms with Crippen LogP contribution in [0.15, 0.2) is 77.7 Å². The van der Waals surface area contributed by atoms with Crippen LogP contribution in [0, 0.1) is 5.82 Å². The predicted molar refractivity (Wildman–Crippen MR) is 117 cm³/mol. The van der Waals surface area contributed by atoms with Gasteiger partial charge in [0.2, 0.25) is 10.0 Å². The molecular weight excluding hydrogens is 425 g/mol. The van der Waals surface area contributed by atoms with Gasteiger partial charge in [-0.25, -0.2) is 12.8 Å². The Labute approximate surface area is 181 Å². The van der Waals surface area contributed by atoms with Crippen molar-refractivity contribution in [2.45, 2.75) is 30.8 Å². The zero-order chi connectivity index (χ0) is 21.7. The first-order chi connectivity index (χ1) is 14.4. The molecule has 158 valence electrons. The monoisotopic (exact) mass is 447 g/mol. The second-order valence-electron chi connectivity index (χ2n) is 6.81. The maximum atomic E-state index is 14.3. The highest BCUT2D eigenvalue weighted by Crippen LogP contribution is 2.33. The highest BCUT2D eigenvalue weighted by molar-refractivity contribution is 7.89. The van der Waals surface area contributed by atoms with Gasteiger partial charge < -0.3 is 4.74 Å². The molecule has 0 radical (unpaired) electrons. The van der Waals surface area contributed by atoms with Gasteiger partial charge in [-0.05, 0) is 47.9 Å². The molecule has 3 rings (SSSR count). The minimum Gasteiger partial charge on any atom is -0.494 e. The Morgan fingerprint density at radius 3 is 2.37 bits per heavy atom. The summed E-state index contributed by atoms with van der Waals surface area (Å²) in [5, 5.41) is 0.333. The number of ether oxygens (including phenoxy) is 1. The summed E-state index contributed by atoms with van der Waals surface area (Å²) < 4.78 is 47.9. The van der Waals surface area contributed by atoms with Gasteiger partial charge in [0.25, 0.3) is 0 Å². The molecule has 4 nitrogen and oxygen atoms in total. The molecule has 0 fully saturated rings. The van der Waals surface area contributed by atoms with Crippen LogP contribution in [0.2, 0.25) is 5.02 Å². The maximum Gasteiger partial charge on any atom is 0.243 e. The molecule has 0 amide bonds. The average molecular weight is 448 g/mol. The number of nitrogens with zero attached hydrogens (tertiary/aromatic N) is 1. The lowest BCUT2D eigenvalue weighted by Gasteiger charge is -2.31. The molecule has 1 unspecified atom stereocenters. The molecule has 0 spiro atoms. The maximum absolute atomic E-state index is 14.3. The van der Waals surface area contributed by atoms with Crippen molar-refractivity contribution >= 4 is 21.6 Å². The van der Waals surface area contributed by atoms with Gasteiger partial charge >= 0.3 is 0 Å². The Morgan fingerprint density at radius 1 is 1.03 bits per heavy atom. The fourth-order valence-electron chi connectivity index (χ4n) is 3.39. The summed E-state index contributed by atoms with van der Waals surface area (Å²) >= 11 is 6.05. The minimum absolute atomic E-state index is 0.00314. The van der Waals surface area contributed by atoms with E-state index in [0.717, 1.165) is 5.56 Å². The summed E-state index contributed by atoms with van der Waals surface area (Å²) in [6.07, 6.45) is 0.544. The molecule has 30 heavy (non-hydrogen) atoms. The van der Waals surface area contributed by atoms with E-state index in [2.05, 4.69) is 0 Å². The molecule has 0 bridgehead atoms. The van der Waals surface area contributed by atoms with Crippen molar-refractivity contribution in [2.75, 3.05) is 7.11 Å². The summed E-state index contributed by atoms with van der Waals surface area (Å²) in [7, 11) is -2.53. The van der Waals surface area contributed by atoms with Gasteiger partial charge in [-0.1, -0.05) is 61.0 Å². The third-order valence-electron chi connectivity index (χ3n) is 4.88. The molecule has 0 N–H and O–H groups in total. The van der Waals surface area contributed by atoms with E-state index in [1.54, 1.807) is 18.2 Å². The highest BCUT2D eigenvalue weighted by Gasteiger charge is 2.32. The van der Waals surface area contributed by atoms with E-state index in [1.165, 1.54) is 35.7 Å². The smallest absolute Gasteiger partial charge is 0.243 e. The van der Waals surface area contributed by atoms with E-state index in [0.29, 0.717) is 17.0 Å². The van der Waals surface area contributed by atoms with Gasteiger partial charge in [-0.2, -0.15) is 4.31 Å². The Hall–Kier alpha value is -2.41. The molecular formula is C23H23ClFNO3S. The van der Waals surface area contributed by atoms with Crippen LogP contribution < -0.4 is 4.74 Å². The van der Waals surface area contributed by atoms with Gasteiger partial charge in [0.05, 0.1) is 18.0 Å². The highest BCUT2D eigenvalue weighted by atomic mass is 35.5. The first-order valence-electron chi connectivity index (χ1n) is 9.51. The molecule has 0 aliphatic heterocycles. The molecule has 0 aliphatic rings. The molecule has 7 heteroatoms. The Kier molecular flexibility index (Phi) is 7.13. The van der Waals surface area contributed by atoms with Gasteiger partial charge in [-0.15, -0.1) is 0 Å². The molecule has 0 saturated carbocycles. The van der Waals surface area contributed by atoms with Crippen molar-refractivity contribution in [2.24, 2.45) is 0 Å². The third-order valence-corrected chi connectivity index (χ3v) is 6.96. The second kappa shape index (κ2) is 9.60. The molecule has 0 saturated heterocycles. The van der Waals surface area contributed by atoms with Crippen LogP contribution in [0.1, 0.15) is 30.5 Å². The molecule has 3 aromatic rings. The number of rotatable bonds is 8. The van der Waals surface area contributed by atoms with Crippen molar-refractivity contribution in [3.63, 3.8) is 0 Å². The van der Waals surface area contributed by atoms with Gasteiger partial charge in [0.15, 0.2) is 11.6 Å². The van der Waals surface area contributed by atoms with Crippen molar-refractivity contribution < 1.29 is 17.5 Å². The van der Waals surface area contributed by atoms with Crippen molar-refractivity contribution in [1.29, 1.82) is 0 Å². The average Bonchev–Trinajstić information content (AvgIpc) is 2.74. The Balaban J connectivity index is 2.09. The zero-order valence-corrected chi connectivity index (χ0v) is 18.3. The number of hydrogen-bond acceptors (Lipinski definition) is 3. The van der Waals surface area contributed by atoms with Crippen LogP contribution in [0.4, 0.5) is 4.39 Å². The number of hydrogen-bond donors (Lipinski definition) is 0. The van der Waals surface area contributed by atoms with E-state index < -0.39 is 21.9 Å². The summed E-state index contributed by atoms with van der Waals surface area (Å²) in [6.45, 7) is 1.93. The minimum atomic E-state index is -3.91. The van der Waals surface area contributed by atoms with Crippen LogP contribution >= 0.6 is 11.6 Å². The third kappa shape index (κ3) is 4.83. The van der Waals surface area contributed by atoms with Crippen LogP contribution in [-0.4, -0.2) is 19.8 Å². The predicted octanol–water partition coefficient (Wildman–Crippen LogP) is 5.83. The lowest BCUT2D eigenvalue weighted by molar-refractivity contribution is 0.309. The molecule has 0 heterocycles. The Morgan fingerprint density at radius 2 is 1.77 bits per heavy atom. The number of halogens is 2. The van der Waals surface area contributed by atoms with Crippen LogP contribution in [-0.2, 0) is 16.6 Å². The molecule has 1 atom stereocenters. The summed E-state index contributed by atoms with van der Waals surface area (Å²) in [5.74, 6) is -0.430. The standard InChI is InChI=1S/C23H23ClFNO3S/c1-3-22(18-8-5-4-6-9-18)26(16-17-12-13-23(29-2)21(25)14-17)30(27,28)20-11-7-10-19(24)15-20/h4-15,22H,3,16H2,1-2H3. The topological polar surface area (TPSA) is 46.6 Å². The fraction of sp³-hybridized carbons (Fsp3) is 0.217. The molecule has 0 aliphatic carbocycles. The number of methoxy groups -OCH3 is 1. The normalized spacial score (nSPS) is 12.7. The summed E-state index contributed by atoms with van der Waals surface area (Å²) in [5.41, 5.74) is 1.38. The Bertz CT molecular complexity index is 1110. The molecule has 3 aromatic carbocycles. The zero-order valence-electron chi connectivity index (χ0n) is 16.8. The fourth-order valence-corrected chi connectivity index (χ4v) is 5.37.